The van der Waals surface area contributed by atoms with Crippen LogP contribution in [0.4, 0.5) is 0 Å². The number of carbonyl (C=O) groups is 1. The second kappa shape index (κ2) is 5.44. The van der Waals surface area contributed by atoms with Crippen molar-refractivity contribution in [2.24, 2.45) is 7.05 Å². The quantitative estimate of drug-likeness (QED) is 0.673. The first-order chi connectivity index (χ1) is 10.6. The number of aryl methyl sites for hydroxylation is 1. The molecule has 1 aromatic carbocycles. The summed E-state index contributed by atoms with van der Waals surface area (Å²) in [7, 11) is 2.92. The Bertz CT molecular complexity index is 911. The number of aromatic nitrogens is 4. The Hall–Kier alpha value is -2.96. The van der Waals surface area contributed by atoms with Crippen molar-refractivity contribution in [1.82, 2.24) is 19.6 Å². The van der Waals surface area contributed by atoms with Gasteiger partial charge in [0.05, 0.1) is 31.6 Å². The van der Waals surface area contributed by atoms with Crippen LogP contribution >= 0.6 is 0 Å². The number of carbonyl (C=O) groups excluding carboxylic acids is 1. The van der Waals surface area contributed by atoms with Gasteiger partial charge in [0.2, 0.25) is 0 Å². The van der Waals surface area contributed by atoms with Gasteiger partial charge in [-0.3, -0.25) is 9.48 Å². The molecule has 7 nitrogen and oxygen atoms in total. The molecule has 0 amide bonds. The van der Waals surface area contributed by atoms with E-state index in [4.69, 9.17) is 4.74 Å². The van der Waals surface area contributed by atoms with Gasteiger partial charge in [-0.2, -0.15) is 10.2 Å². The average molecular weight is 298 g/mol. The minimum absolute atomic E-state index is 0.231. The molecule has 0 aliphatic carbocycles. The van der Waals surface area contributed by atoms with Crippen molar-refractivity contribution in [2.75, 3.05) is 7.11 Å². The van der Waals surface area contributed by atoms with Crippen LogP contribution in [0, 0.1) is 0 Å². The van der Waals surface area contributed by atoms with Crippen LogP contribution in [-0.2, 0) is 18.3 Å². The van der Waals surface area contributed by atoms with Crippen LogP contribution in [0.15, 0.2) is 41.5 Å². The van der Waals surface area contributed by atoms with E-state index in [-0.39, 0.29) is 5.56 Å². The molecule has 112 valence electrons. The third-order valence-electron chi connectivity index (χ3n) is 3.48. The Kier molecular flexibility index (Phi) is 3.46. The van der Waals surface area contributed by atoms with E-state index in [1.807, 2.05) is 12.1 Å². The van der Waals surface area contributed by atoms with Crippen LogP contribution < -0.4 is 5.56 Å². The van der Waals surface area contributed by atoms with E-state index in [0.717, 1.165) is 5.56 Å². The van der Waals surface area contributed by atoms with E-state index in [2.05, 4.69) is 10.2 Å². The van der Waals surface area contributed by atoms with Gasteiger partial charge in [-0.1, -0.05) is 18.2 Å². The molecule has 0 bridgehead atoms. The molecule has 0 saturated heterocycles. The first kappa shape index (κ1) is 14.0. The van der Waals surface area contributed by atoms with E-state index in [0.29, 0.717) is 23.0 Å². The van der Waals surface area contributed by atoms with Gasteiger partial charge in [0, 0.05) is 12.4 Å². The second-order valence-electron chi connectivity index (χ2n) is 4.83. The largest absolute Gasteiger partial charge is 0.465 e. The van der Waals surface area contributed by atoms with E-state index in [9.17, 15) is 9.59 Å². The van der Waals surface area contributed by atoms with Gasteiger partial charge >= 0.3 is 5.97 Å². The van der Waals surface area contributed by atoms with Crippen molar-refractivity contribution in [2.45, 2.75) is 6.54 Å². The third kappa shape index (κ3) is 2.26. The standard InChI is InChI=1S/C15H14N4O3/c1-18-14(20)13-11(7-16-18)8-17-19(13)9-10-5-3-4-6-12(10)15(21)22-2/h3-8H,9H2,1-2H3. The molecule has 0 N–H and O–H groups in total. The zero-order chi connectivity index (χ0) is 15.7. The molecule has 0 radical (unpaired) electrons. The summed E-state index contributed by atoms with van der Waals surface area (Å²) in [5.74, 6) is -0.415. The molecule has 7 heteroatoms. The van der Waals surface area contributed by atoms with Crippen LogP contribution in [0.3, 0.4) is 0 Å². The number of fused-ring (bicyclic) bond motifs is 1. The highest BCUT2D eigenvalue weighted by Gasteiger charge is 2.14. The molecular weight excluding hydrogens is 284 g/mol. The zero-order valence-corrected chi connectivity index (χ0v) is 12.2. The van der Waals surface area contributed by atoms with Gasteiger partial charge in [0.15, 0.2) is 0 Å². The number of hydrogen-bond acceptors (Lipinski definition) is 5. The summed E-state index contributed by atoms with van der Waals surface area (Å²) in [6.45, 7) is 0.300. The molecule has 0 fully saturated rings. The maximum atomic E-state index is 12.2. The highest BCUT2D eigenvalue weighted by Crippen LogP contribution is 2.14. The van der Waals surface area contributed by atoms with Crippen molar-refractivity contribution in [3.05, 3.63) is 58.1 Å². The van der Waals surface area contributed by atoms with Crippen molar-refractivity contribution >= 4 is 16.9 Å². The lowest BCUT2D eigenvalue weighted by molar-refractivity contribution is 0.0599. The van der Waals surface area contributed by atoms with E-state index in [1.165, 1.54) is 11.8 Å². The summed E-state index contributed by atoms with van der Waals surface area (Å²) in [5.41, 5.74) is 1.42. The molecule has 2 aromatic heterocycles. The number of rotatable bonds is 3. The zero-order valence-electron chi connectivity index (χ0n) is 12.2. The SMILES string of the molecule is COC(=O)c1ccccc1Cn1ncc2cnn(C)c(=O)c21. The molecule has 22 heavy (non-hydrogen) atoms. The predicted octanol–water partition coefficient (Wildman–Crippen LogP) is 0.965. The van der Waals surface area contributed by atoms with Gasteiger partial charge in [-0.15, -0.1) is 0 Å². The number of esters is 1. The number of ether oxygens (including phenoxy) is 1. The summed E-state index contributed by atoms with van der Waals surface area (Å²) >= 11 is 0. The lowest BCUT2D eigenvalue weighted by Crippen LogP contribution is -2.22. The van der Waals surface area contributed by atoms with Crippen LogP contribution in [0.2, 0.25) is 0 Å². The van der Waals surface area contributed by atoms with Crippen molar-refractivity contribution in [3.63, 3.8) is 0 Å². The van der Waals surface area contributed by atoms with E-state index >= 15 is 0 Å². The maximum absolute atomic E-state index is 12.2. The van der Waals surface area contributed by atoms with Crippen molar-refractivity contribution < 1.29 is 9.53 Å². The second-order valence-corrected chi connectivity index (χ2v) is 4.83. The fourth-order valence-electron chi connectivity index (χ4n) is 2.33. The molecule has 3 rings (SSSR count). The Morgan fingerprint density at radius 1 is 1.23 bits per heavy atom. The molecule has 0 aliphatic rings. The van der Waals surface area contributed by atoms with Gasteiger partial charge < -0.3 is 4.74 Å². The molecule has 0 saturated carbocycles. The van der Waals surface area contributed by atoms with Gasteiger partial charge in [-0.05, 0) is 11.6 Å². The Morgan fingerprint density at radius 2 is 1.95 bits per heavy atom. The maximum Gasteiger partial charge on any atom is 0.338 e. The Labute approximate surface area is 125 Å². The molecule has 0 aliphatic heterocycles. The lowest BCUT2D eigenvalue weighted by atomic mass is 10.1. The number of nitrogens with zero attached hydrogens (tertiary/aromatic N) is 4. The highest BCUT2D eigenvalue weighted by atomic mass is 16.5. The minimum atomic E-state index is -0.415. The van der Waals surface area contributed by atoms with Crippen molar-refractivity contribution in [1.29, 1.82) is 0 Å². The van der Waals surface area contributed by atoms with Gasteiger partial charge in [0.1, 0.15) is 5.52 Å². The van der Waals surface area contributed by atoms with Crippen LogP contribution in [0.5, 0.6) is 0 Å². The smallest absolute Gasteiger partial charge is 0.338 e. The molecule has 3 aromatic rings. The Balaban J connectivity index is 2.10. The number of benzene rings is 1. The minimum Gasteiger partial charge on any atom is -0.465 e. The summed E-state index contributed by atoms with van der Waals surface area (Å²) in [6, 6.07) is 7.09. The third-order valence-corrected chi connectivity index (χ3v) is 3.48. The van der Waals surface area contributed by atoms with Crippen LogP contribution in [-0.4, -0.2) is 32.6 Å². The summed E-state index contributed by atoms with van der Waals surface area (Å²) in [4.78, 5) is 24.0. The average Bonchev–Trinajstić information content (AvgIpc) is 2.94. The van der Waals surface area contributed by atoms with Gasteiger partial charge in [-0.25, -0.2) is 9.48 Å². The monoisotopic (exact) mass is 298 g/mol. The number of hydrogen-bond donors (Lipinski definition) is 0. The molecular formula is C15H14N4O3. The van der Waals surface area contributed by atoms with E-state index in [1.54, 1.807) is 36.3 Å². The molecule has 0 atom stereocenters. The van der Waals surface area contributed by atoms with Gasteiger partial charge in [0.25, 0.3) is 5.56 Å². The summed E-state index contributed by atoms with van der Waals surface area (Å²) in [5, 5.41) is 8.86. The van der Waals surface area contributed by atoms with E-state index < -0.39 is 5.97 Å². The normalized spacial score (nSPS) is 10.8. The Morgan fingerprint density at radius 3 is 2.73 bits per heavy atom. The highest BCUT2D eigenvalue weighted by molar-refractivity contribution is 5.91. The van der Waals surface area contributed by atoms with Crippen LogP contribution in [0.1, 0.15) is 15.9 Å². The summed E-state index contributed by atoms with van der Waals surface area (Å²) in [6.07, 6.45) is 3.18. The molecule has 0 unspecified atom stereocenters. The topological polar surface area (TPSA) is 79.0 Å². The van der Waals surface area contributed by atoms with Crippen molar-refractivity contribution in [3.8, 4) is 0 Å². The van der Waals surface area contributed by atoms with Crippen LogP contribution in [0.25, 0.3) is 10.9 Å². The summed E-state index contributed by atoms with van der Waals surface area (Å²) < 4.78 is 7.61. The molecule has 2 heterocycles. The fourth-order valence-corrected chi connectivity index (χ4v) is 2.33. The predicted molar refractivity (Wildman–Crippen MR) is 79.7 cm³/mol. The molecule has 0 spiro atoms. The number of methoxy groups -OCH3 is 1. The first-order valence-electron chi connectivity index (χ1n) is 6.66. The lowest BCUT2D eigenvalue weighted by Gasteiger charge is -2.08. The first-order valence-corrected chi connectivity index (χ1v) is 6.66. The fraction of sp³-hybridized carbons (Fsp3) is 0.200.